The number of thioether (sulfide) groups is 1. The Morgan fingerprint density at radius 1 is 1.06 bits per heavy atom. The highest BCUT2D eigenvalue weighted by molar-refractivity contribution is 8.01. The van der Waals surface area contributed by atoms with Crippen LogP contribution >= 0.6 is 23.1 Å². The fourth-order valence-electron chi connectivity index (χ4n) is 2.95. The van der Waals surface area contributed by atoms with Crippen LogP contribution in [0.4, 0.5) is 10.8 Å². The van der Waals surface area contributed by atoms with E-state index >= 15 is 0 Å². The summed E-state index contributed by atoms with van der Waals surface area (Å²) in [6.07, 6.45) is 0. The molecule has 3 rings (SSSR count). The predicted octanol–water partition coefficient (Wildman–Crippen LogP) is 4.41. The number of nitrogens with zero attached hydrogens (tertiary/aromatic N) is 3. The van der Waals surface area contributed by atoms with Gasteiger partial charge in [0.15, 0.2) is 4.34 Å². The van der Waals surface area contributed by atoms with E-state index in [0.717, 1.165) is 31.1 Å². The second-order valence-corrected chi connectivity index (χ2v) is 11.3. The first-order valence-electron chi connectivity index (χ1n) is 9.63. The lowest BCUT2D eigenvalue weighted by molar-refractivity contribution is -0.114. The largest absolute Gasteiger partial charge is 0.299 e. The standard InChI is InChI=1S/C21H24N4O3S3/c1-5-29-21-24-23-20(30-21)22-19(26)13-25(18-11-8-15(3)12-16(18)4)31(27,28)17-9-6-14(2)7-10-17/h6-12H,5,13H2,1-4H3,(H,22,23,26). The molecular weight excluding hydrogens is 452 g/mol. The number of carbonyl (C=O) groups excluding carboxylic acids is 1. The van der Waals surface area contributed by atoms with E-state index in [9.17, 15) is 13.2 Å². The Balaban J connectivity index is 1.93. The number of aromatic nitrogens is 2. The van der Waals surface area contributed by atoms with Crippen molar-refractivity contribution in [1.82, 2.24) is 10.2 Å². The Morgan fingerprint density at radius 3 is 2.39 bits per heavy atom. The fraction of sp³-hybridized carbons (Fsp3) is 0.286. The van der Waals surface area contributed by atoms with Crippen LogP contribution in [0.5, 0.6) is 0 Å². The Morgan fingerprint density at radius 2 is 1.74 bits per heavy atom. The van der Waals surface area contributed by atoms with Crippen LogP contribution < -0.4 is 9.62 Å². The Kier molecular flexibility index (Phi) is 7.34. The van der Waals surface area contributed by atoms with Gasteiger partial charge in [-0.25, -0.2) is 8.42 Å². The number of nitrogens with one attached hydrogen (secondary N) is 1. The quantitative estimate of drug-likeness (QED) is 0.382. The van der Waals surface area contributed by atoms with Crippen LogP contribution in [0.3, 0.4) is 0 Å². The molecular formula is C21H24N4O3S3. The second-order valence-electron chi connectivity index (χ2n) is 6.97. The van der Waals surface area contributed by atoms with Crippen LogP contribution in [0.2, 0.25) is 0 Å². The summed E-state index contributed by atoms with van der Waals surface area (Å²) in [4.78, 5) is 12.9. The van der Waals surface area contributed by atoms with Gasteiger partial charge in [-0.3, -0.25) is 14.4 Å². The number of carbonyl (C=O) groups is 1. The average Bonchev–Trinajstić information content (AvgIpc) is 3.14. The molecule has 164 valence electrons. The number of hydrogen-bond acceptors (Lipinski definition) is 7. The first-order valence-corrected chi connectivity index (χ1v) is 12.9. The molecule has 0 radical (unpaired) electrons. The molecule has 3 aromatic rings. The molecule has 0 aliphatic heterocycles. The normalized spacial score (nSPS) is 11.4. The van der Waals surface area contributed by atoms with Gasteiger partial charge in [0.05, 0.1) is 10.6 Å². The van der Waals surface area contributed by atoms with Crippen molar-refractivity contribution in [2.24, 2.45) is 0 Å². The minimum Gasteiger partial charge on any atom is -0.299 e. The summed E-state index contributed by atoms with van der Waals surface area (Å²) in [5.74, 6) is 0.359. The zero-order valence-corrected chi connectivity index (χ0v) is 20.2. The number of amides is 1. The second kappa shape index (κ2) is 9.80. The van der Waals surface area contributed by atoms with Crippen molar-refractivity contribution in [3.8, 4) is 0 Å². The Labute approximate surface area is 191 Å². The highest BCUT2D eigenvalue weighted by Crippen LogP contribution is 2.29. The van der Waals surface area contributed by atoms with Crippen molar-refractivity contribution in [2.45, 2.75) is 36.9 Å². The van der Waals surface area contributed by atoms with E-state index in [1.807, 2.05) is 39.8 Å². The summed E-state index contributed by atoms with van der Waals surface area (Å²) < 4.78 is 28.8. The third-order valence-electron chi connectivity index (χ3n) is 4.44. The van der Waals surface area contributed by atoms with Gasteiger partial charge in [0.2, 0.25) is 11.0 Å². The molecule has 1 N–H and O–H groups in total. The van der Waals surface area contributed by atoms with Crippen molar-refractivity contribution >= 4 is 49.8 Å². The molecule has 2 aromatic carbocycles. The number of aryl methyl sites for hydroxylation is 3. The zero-order valence-electron chi connectivity index (χ0n) is 17.7. The van der Waals surface area contributed by atoms with Gasteiger partial charge in [-0.05, 0) is 50.3 Å². The molecule has 10 heteroatoms. The monoisotopic (exact) mass is 476 g/mol. The maximum absolute atomic E-state index is 13.5. The van der Waals surface area contributed by atoms with Crippen LogP contribution in [-0.2, 0) is 14.8 Å². The highest BCUT2D eigenvalue weighted by Gasteiger charge is 2.28. The molecule has 0 aliphatic rings. The van der Waals surface area contributed by atoms with E-state index in [-0.39, 0.29) is 11.4 Å². The van der Waals surface area contributed by atoms with Gasteiger partial charge in [-0.1, -0.05) is 65.4 Å². The van der Waals surface area contributed by atoms with Crippen molar-refractivity contribution in [3.05, 3.63) is 59.2 Å². The molecule has 31 heavy (non-hydrogen) atoms. The molecule has 1 amide bonds. The lowest BCUT2D eigenvalue weighted by atomic mass is 10.1. The average molecular weight is 477 g/mol. The van der Waals surface area contributed by atoms with Gasteiger partial charge in [0, 0.05) is 0 Å². The van der Waals surface area contributed by atoms with Gasteiger partial charge in [0.25, 0.3) is 10.0 Å². The predicted molar refractivity (Wildman–Crippen MR) is 127 cm³/mol. The first kappa shape index (κ1) is 23.2. The molecule has 0 fully saturated rings. The van der Waals surface area contributed by atoms with Crippen molar-refractivity contribution < 1.29 is 13.2 Å². The minimum atomic E-state index is -3.96. The molecule has 0 saturated carbocycles. The number of hydrogen-bond donors (Lipinski definition) is 1. The molecule has 0 atom stereocenters. The van der Waals surface area contributed by atoms with Crippen LogP contribution in [0.25, 0.3) is 0 Å². The number of anilines is 2. The first-order chi connectivity index (χ1) is 14.7. The summed E-state index contributed by atoms with van der Waals surface area (Å²) in [6.45, 7) is 7.28. The van der Waals surface area contributed by atoms with Crippen molar-refractivity contribution in [1.29, 1.82) is 0 Å². The van der Waals surface area contributed by atoms with Crippen LogP contribution in [0, 0.1) is 20.8 Å². The van der Waals surface area contributed by atoms with E-state index in [4.69, 9.17) is 0 Å². The smallest absolute Gasteiger partial charge is 0.264 e. The van der Waals surface area contributed by atoms with Gasteiger partial charge < -0.3 is 0 Å². The third kappa shape index (κ3) is 5.63. The van der Waals surface area contributed by atoms with E-state index in [1.54, 1.807) is 30.3 Å². The molecule has 1 heterocycles. The number of rotatable bonds is 8. The summed E-state index contributed by atoms with van der Waals surface area (Å²) >= 11 is 2.79. The molecule has 7 nitrogen and oxygen atoms in total. The van der Waals surface area contributed by atoms with Crippen molar-refractivity contribution in [3.63, 3.8) is 0 Å². The lowest BCUT2D eigenvalue weighted by Gasteiger charge is -2.25. The van der Waals surface area contributed by atoms with Crippen LogP contribution in [-0.4, -0.2) is 36.8 Å². The van der Waals surface area contributed by atoms with E-state index in [2.05, 4.69) is 15.5 Å². The molecule has 0 aliphatic carbocycles. The van der Waals surface area contributed by atoms with Crippen LogP contribution in [0.1, 0.15) is 23.6 Å². The fourth-order valence-corrected chi connectivity index (χ4v) is 6.10. The summed E-state index contributed by atoms with van der Waals surface area (Å²) in [5.41, 5.74) is 3.18. The Bertz CT molecular complexity index is 1170. The molecule has 1 aromatic heterocycles. The Hall–Kier alpha value is -2.43. The van der Waals surface area contributed by atoms with Gasteiger partial charge in [-0.2, -0.15) is 0 Å². The topological polar surface area (TPSA) is 92.3 Å². The lowest BCUT2D eigenvalue weighted by Crippen LogP contribution is -2.38. The van der Waals surface area contributed by atoms with Gasteiger partial charge >= 0.3 is 0 Å². The SMILES string of the molecule is CCSc1nnc(NC(=O)CN(c2ccc(C)cc2C)S(=O)(=O)c2ccc(C)cc2)s1. The van der Waals surface area contributed by atoms with E-state index in [0.29, 0.717) is 10.8 Å². The highest BCUT2D eigenvalue weighted by atomic mass is 32.2. The summed E-state index contributed by atoms with van der Waals surface area (Å²) in [7, 11) is -3.96. The number of sulfonamides is 1. The summed E-state index contributed by atoms with van der Waals surface area (Å²) in [6, 6.07) is 12.0. The molecule has 0 unspecified atom stereocenters. The van der Waals surface area contributed by atoms with Gasteiger partial charge in [-0.15, -0.1) is 10.2 Å². The molecule has 0 bridgehead atoms. The van der Waals surface area contributed by atoms with E-state index < -0.39 is 15.9 Å². The zero-order chi connectivity index (χ0) is 22.6. The molecule has 0 spiro atoms. The van der Waals surface area contributed by atoms with Crippen molar-refractivity contribution in [2.75, 3.05) is 21.9 Å². The summed E-state index contributed by atoms with van der Waals surface area (Å²) in [5, 5.41) is 11.0. The van der Waals surface area contributed by atoms with E-state index in [1.165, 1.54) is 23.1 Å². The van der Waals surface area contributed by atoms with Crippen LogP contribution in [0.15, 0.2) is 51.7 Å². The molecule has 0 saturated heterocycles. The maximum atomic E-state index is 13.5. The maximum Gasteiger partial charge on any atom is 0.264 e. The number of benzene rings is 2. The van der Waals surface area contributed by atoms with Gasteiger partial charge in [0.1, 0.15) is 6.54 Å². The minimum absolute atomic E-state index is 0.128. The third-order valence-corrected chi connectivity index (χ3v) is 8.07.